The molecule has 12 heavy (non-hydrogen) atoms. The summed E-state index contributed by atoms with van der Waals surface area (Å²) in [7, 11) is 0. The summed E-state index contributed by atoms with van der Waals surface area (Å²) in [5.74, 6) is 0.525. The summed E-state index contributed by atoms with van der Waals surface area (Å²) < 4.78 is 12.8. The molecule has 0 saturated carbocycles. The van der Waals surface area contributed by atoms with Gasteiger partial charge in [-0.25, -0.2) is 4.39 Å². The second-order valence-electron chi connectivity index (χ2n) is 3.64. The standard InChI is InChI=1S/C11H13F/c1-8-3-2-4-9-7-10(12)5-6-11(8)9/h5-8H,2-4H2,1H3/t8-/m0/s1. The highest BCUT2D eigenvalue weighted by Crippen LogP contribution is 2.31. The molecule has 0 heterocycles. The second kappa shape index (κ2) is 2.89. The Labute approximate surface area is 72.4 Å². The maximum Gasteiger partial charge on any atom is 0.123 e. The molecule has 0 N–H and O–H groups in total. The molecule has 0 aromatic heterocycles. The number of halogens is 1. The SMILES string of the molecule is C[C@H]1CCCc2cc(F)ccc21. The smallest absolute Gasteiger partial charge is 0.123 e. The molecule has 0 fully saturated rings. The fourth-order valence-electron chi connectivity index (χ4n) is 2.03. The third-order valence-corrected chi connectivity index (χ3v) is 2.72. The minimum absolute atomic E-state index is 0.0946. The Morgan fingerprint density at radius 2 is 2.25 bits per heavy atom. The molecule has 64 valence electrons. The molecule has 0 saturated heterocycles. The molecule has 0 nitrogen and oxygen atoms in total. The van der Waals surface area contributed by atoms with Crippen LogP contribution in [0.2, 0.25) is 0 Å². The van der Waals surface area contributed by atoms with Crippen molar-refractivity contribution in [1.82, 2.24) is 0 Å². The van der Waals surface area contributed by atoms with Crippen molar-refractivity contribution in [2.75, 3.05) is 0 Å². The highest BCUT2D eigenvalue weighted by molar-refractivity contribution is 5.32. The Hall–Kier alpha value is -0.850. The molecule has 1 aliphatic rings. The Morgan fingerprint density at radius 3 is 3.08 bits per heavy atom. The highest BCUT2D eigenvalue weighted by Gasteiger charge is 2.15. The van der Waals surface area contributed by atoms with E-state index in [9.17, 15) is 4.39 Å². The summed E-state index contributed by atoms with van der Waals surface area (Å²) in [4.78, 5) is 0. The van der Waals surface area contributed by atoms with E-state index in [2.05, 4.69) is 6.92 Å². The fourth-order valence-corrected chi connectivity index (χ4v) is 2.03. The molecule has 0 unspecified atom stereocenters. The van der Waals surface area contributed by atoms with Crippen LogP contribution in [-0.4, -0.2) is 0 Å². The van der Waals surface area contributed by atoms with Crippen LogP contribution < -0.4 is 0 Å². The molecule has 0 spiro atoms. The summed E-state index contributed by atoms with van der Waals surface area (Å²) in [6, 6.07) is 5.19. The van der Waals surface area contributed by atoms with Crippen LogP contribution in [0.1, 0.15) is 36.8 Å². The van der Waals surface area contributed by atoms with Gasteiger partial charge in [-0.15, -0.1) is 0 Å². The summed E-state index contributed by atoms with van der Waals surface area (Å²) in [6.45, 7) is 2.22. The number of benzene rings is 1. The van der Waals surface area contributed by atoms with E-state index in [4.69, 9.17) is 0 Å². The zero-order chi connectivity index (χ0) is 8.55. The van der Waals surface area contributed by atoms with E-state index < -0.39 is 0 Å². The van der Waals surface area contributed by atoms with Crippen molar-refractivity contribution in [3.63, 3.8) is 0 Å². The second-order valence-corrected chi connectivity index (χ2v) is 3.64. The van der Waals surface area contributed by atoms with Crippen LogP contribution in [0.3, 0.4) is 0 Å². The van der Waals surface area contributed by atoms with E-state index in [0.717, 1.165) is 6.42 Å². The zero-order valence-corrected chi connectivity index (χ0v) is 7.31. The van der Waals surface area contributed by atoms with Crippen LogP contribution in [0.5, 0.6) is 0 Å². The minimum atomic E-state index is -0.0946. The maximum atomic E-state index is 12.8. The van der Waals surface area contributed by atoms with Gasteiger partial charge in [-0.1, -0.05) is 13.0 Å². The fraction of sp³-hybridized carbons (Fsp3) is 0.455. The zero-order valence-electron chi connectivity index (χ0n) is 7.31. The van der Waals surface area contributed by atoms with Gasteiger partial charge in [0.05, 0.1) is 0 Å². The number of aryl methyl sites for hydroxylation is 1. The van der Waals surface area contributed by atoms with Crippen molar-refractivity contribution >= 4 is 0 Å². The van der Waals surface area contributed by atoms with Crippen molar-refractivity contribution in [1.29, 1.82) is 0 Å². The van der Waals surface area contributed by atoms with Crippen LogP contribution >= 0.6 is 0 Å². The molecule has 1 aromatic carbocycles. The normalized spacial score (nSPS) is 22.0. The predicted octanol–water partition coefficient (Wildman–Crippen LogP) is 3.27. The molecule has 1 aliphatic carbocycles. The van der Waals surface area contributed by atoms with Crippen LogP contribution in [0, 0.1) is 5.82 Å². The molecular weight excluding hydrogens is 151 g/mol. The first kappa shape index (κ1) is 7.78. The van der Waals surface area contributed by atoms with Gasteiger partial charge in [-0.05, 0) is 48.4 Å². The van der Waals surface area contributed by atoms with Crippen LogP contribution in [0.25, 0.3) is 0 Å². The van der Waals surface area contributed by atoms with E-state index in [0.29, 0.717) is 5.92 Å². The third-order valence-electron chi connectivity index (χ3n) is 2.72. The maximum absolute atomic E-state index is 12.8. The molecule has 0 radical (unpaired) electrons. The van der Waals surface area contributed by atoms with Gasteiger partial charge in [-0.2, -0.15) is 0 Å². The minimum Gasteiger partial charge on any atom is -0.207 e. The van der Waals surface area contributed by atoms with Gasteiger partial charge in [0.25, 0.3) is 0 Å². The number of rotatable bonds is 0. The predicted molar refractivity (Wildman–Crippen MR) is 47.8 cm³/mol. The Morgan fingerprint density at radius 1 is 1.42 bits per heavy atom. The van der Waals surface area contributed by atoms with Crippen molar-refractivity contribution in [2.24, 2.45) is 0 Å². The van der Waals surface area contributed by atoms with Gasteiger partial charge in [0.2, 0.25) is 0 Å². The lowest BCUT2D eigenvalue weighted by Gasteiger charge is -2.21. The van der Waals surface area contributed by atoms with Gasteiger partial charge in [0, 0.05) is 0 Å². The number of hydrogen-bond acceptors (Lipinski definition) is 0. The molecule has 1 heteroatoms. The molecule has 0 aliphatic heterocycles. The van der Waals surface area contributed by atoms with Crippen molar-refractivity contribution < 1.29 is 4.39 Å². The Balaban J connectivity index is 2.46. The average Bonchev–Trinajstić information content (AvgIpc) is 2.04. The first-order valence-corrected chi connectivity index (χ1v) is 4.55. The summed E-state index contributed by atoms with van der Waals surface area (Å²) in [5, 5.41) is 0. The topological polar surface area (TPSA) is 0 Å². The first-order chi connectivity index (χ1) is 5.77. The van der Waals surface area contributed by atoms with Gasteiger partial charge in [-0.3, -0.25) is 0 Å². The lowest BCUT2D eigenvalue weighted by Crippen LogP contribution is -2.06. The molecule has 2 rings (SSSR count). The van der Waals surface area contributed by atoms with Gasteiger partial charge in [0.1, 0.15) is 5.82 Å². The van der Waals surface area contributed by atoms with Crippen LogP contribution in [-0.2, 0) is 6.42 Å². The van der Waals surface area contributed by atoms with Gasteiger partial charge < -0.3 is 0 Å². The Kier molecular flexibility index (Phi) is 1.87. The number of hydrogen-bond donors (Lipinski definition) is 0. The van der Waals surface area contributed by atoms with Gasteiger partial charge >= 0.3 is 0 Å². The van der Waals surface area contributed by atoms with Crippen molar-refractivity contribution in [3.05, 3.63) is 35.1 Å². The van der Waals surface area contributed by atoms with Crippen LogP contribution in [0.4, 0.5) is 4.39 Å². The first-order valence-electron chi connectivity index (χ1n) is 4.55. The lowest BCUT2D eigenvalue weighted by atomic mass is 9.84. The van der Waals surface area contributed by atoms with Crippen molar-refractivity contribution in [3.8, 4) is 0 Å². The van der Waals surface area contributed by atoms with E-state index in [-0.39, 0.29) is 5.82 Å². The van der Waals surface area contributed by atoms with E-state index >= 15 is 0 Å². The van der Waals surface area contributed by atoms with Gasteiger partial charge in [0.15, 0.2) is 0 Å². The molecular formula is C11H13F. The van der Waals surface area contributed by atoms with E-state index in [1.54, 1.807) is 12.1 Å². The molecule has 0 amide bonds. The van der Waals surface area contributed by atoms with E-state index in [1.165, 1.54) is 24.0 Å². The Bertz CT molecular complexity index is 291. The summed E-state index contributed by atoms with van der Waals surface area (Å²) >= 11 is 0. The highest BCUT2D eigenvalue weighted by atomic mass is 19.1. The van der Waals surface area contributed by atoms with E-state index in [1.807, 2.05) is 6.07 Å². The molecule has 0 bridgehead atoms. The molecule has 1 atom stereocenters. The molecule has 1 aromatic rings. The largest absolute Gasteiger partial charge is 0.207 e. The third kappa shape index (κ3) is 1.24. The van der Waals surface area contributed by atoms with Crippen molar-refractivity contribution in [2.45, 2.75) is 32.1 Å². The lowest BCUT2D eigenvalue weighted by molar-refractivity contribution is 0.575. The quantitative estimate of drug-likeness (QED) is 0.552. The summed E-state index contributed by atoms with van der Waals surface area (Å²) in [6.07, 6.45) is 3.51. The number of fused-ring (bicyclic) bond motifs is 1. The van der Waals surface area contributed by atoms with Crippen LogP contribution in [0.15, 0.2) is 18.2 Å². The monoisotopic (exact) mass is 164 g/mol. The average molecular weight is 164 g/mol. The summed E-state index contributed by atoms with van der Waals surface area (Å²) in [5.41, 5.74) is 2.57.